The number of anilines is 2. The van der Waals surface area contributed by atoms with Crippen LogP contribution >= 0.6 is 15.9 Å². The normalized spacial score (nSPS) is 13.9. The first kappa shape index (κ1) is 18.1. The molecule has 1 aliphatic rings. The van der Waals surface area contributed by atoms with Crippen LogP contribution in [0.4, 0.5) is 11.4 Å². The Kier molecular flexibility index (Phi) is 4.93. The van der Waals surface area contributed by atoms with Crippen LogP contribution in [0.1, 0.15) is 28.9 Å². The second-order valence-electron chi connectivity index (χ2n) is 7.25. The molecule has 138 valence electrons. The molecule has 3 aromatic rings. The lowest BCUT2D eigenvalue weighted by Gasteiger charge is -2.15. The topological polar surface area (TPSA) is 58.1 Å². The van der Waals surface area contributed by atoms with Gasteiger partial charge in [0.2, 0.25) is 0 Å². The van der Waals surface area contributed by atoms with Crippen molar-refractivity contribution in [3.8, 4) is 0 Å². The number of hydrogen-bond acceptors (Lipinski definition) is 5. The van der Waals surface area contributed by atoms with E-state index in [9.17, 15) is 4.79 Å². The number of benzene rings is 1. The highest BCUT2D eigenvalue weighted by Gasteiger charge is 2.32. The summed E-state index contributed by atoms with van der Waals surface area (Å²) in [6, 6.07) is 9.92. The van der Waals surface area contributed by atoms with Crippen LogP contribution in [0.5, 0.6) is 0 Å². The van der Waals surface area contributed by atoms with Crippen molar-refractivity contribution in [3.63, 3.8) is 0 Å². The molecule has 0 radical (unpaired) electrons. The number of pyridine rings is 2. The molecule has 1 saturated carbocycles. The molecule has 6 heteroatoms. The summed E-state index contributed by atoms with van der Waals surface area (Å²) in [5.74, 6) is 0.307. The smallest absolute Gasteiger partial charge is 0.169 e. The van der Waals surface area contributed by atoms with Gasteiger partial charge in [0.25, 0.3) is 0 Å². The Morgan fingerprint density at radius 2 is 2.00 bits per heavy atom. The van der Waals surface area contributed by atoms with Crippen molar-refractivity contribution in [3.05, 3.63) is 58.5 Å². The zero-order valence-electron chi connectivity index (χ0n) is 15.4. The highest BCUT2D eigenvalue weighted by molar-refractivity contribution is 9.10. The summed E-state index contributed by atoms with van der Waals surface area (Å²) in [7, 11) is 4.04. The van der Waals surface area contributed by atoms with Gasteiger partial charge in [0.1, 0.15) is 0 Å². The second-order valence-corrected chi connectivity index (χ2v) is 8.16. The molecule has 0 unspecified atom stereocenters. The first-order valence-electron chi connectivity index (χ1n) is 9.00. The monoisotopic (exact) mass is 424 g/mol. The van der Waals surface area contributed by atoms with Gasteiger partial charge in [0.05, 0.1) is 34.3 Å². The SMILES string of the molecule is CN(C)Cc1ccc(Nc2c(C(=O)C3CC3)cnc3ccc(Br)cc23)cn1. The maximum Gasteiger partial charge on any atom is 0.169 e. The van der Waals surface area contributed by atoms with Gasteiger partial charge in [-0.15, -0.1) is 0 Å². The molecule has 1 aromatic carbocycles. The van der Waals surface area contributed by atoms with Gasteiger partial charge in [-0.25, -0.2) is 0 Å². The van der Waals surface area contributed by atoms with Crippen molar-refractivity contribution in [2.45, 2.75) is 19.4 Å². The largest absolute Gasteiger partial charge is 0.353 e. The molecule has 0 spiro atoms. The van der Waals surface area contributed by atoms with Crippen LogP contribution in [0.2, 0.25) is 0 Å². The van der Waals surface area contributed by atoms with Gasteiger partial charge >= 0.3 is 0 Å². The third-order valence-corrected chi connectivity index (χ3v) is 5.11. The Hall–Kier alpha value is -2.31. The van der Waals surface area contributed by atoms with E-state index in [1.807, 2.05) is 50.6 Å². The van der Waals surface area contributed by atoms with Crippen molar-refractivity contribution in [2.24, 2.45) is 5.92 Å². The molecule has 1 N–H and O–H groups in total. The van der Waals surface area contributed by atoms with Crippen molar-refractivity contribution >= 4 is 44.0 Å². The molecule has 2 aromatic heterocycles. The fourth-order valence-electron chi connectivity index (χ4n) is 3.11. The van der Waals surface area contributed by atoms with E-state index < -0.39 is 0 Å². The number of hydrogen-bond donors (Lipinski definition) is 1. The summed E-state index contributed by atoms with van der Waals surface area (Å²) in [4.78, 5) is 23.9. The lowest BCUT2D eigenvalue weighted by molar-refractivity contribution is 0.0968. The fraction of sp³-hybridized carbons (Fsp3) is 0.286. The van der Waals surface area contributed by atoms with Gasteiger partial charge in [-0.3, -0.25) is 14.8 Å². The van der Waals surface area contributed by atoms with Gasteiger partial charge in [0, 0.05) is 28.5 Å². The molecule has 1 aliphatic carbocycles. The average molecular weight is 425 g/mol. The highest BCUT2D eigenvalue weighted by Crippen LogP contribution is 2.38. The number of fused-ring (bicyclic) bond motifs is 1. The minimum absolute atomic E-state index is 0.137. The van der Waals surface area contributed by atoms with Gasteiger partial charge in [0.15, 0.2) is 5.78 Å². The molecule has 0 aliphatic heterocycles. The van der Waals surface area contributed by atoms with Crippen LogP contribution in [0.3, 0.4) is 0 Å². The maximum absolute atomic E-state index is 12.8. The summed E-state index contributed by atoms with van der Waals surface area (Å²) >= 11 is 3.53. The lowest BCUT2D eigenvalue weighted by atomic mass is 10.0. The van der Waals surface area contributed by atoms with Crippen molar-refractivity contribution in [1.29, 1.82) is 0 Å². The van der Waals surface area contributed by atoms with E-state index >= 15 is 0 Å². The van der Waals surface area contributed by atoms with Crippen LogP contribution in [0, 0.1) is 5.92 Å². The number of rotatable bonds is 6. The van der Waals surface area contributed by atoms with Gasteiger partial charge in [-0.1, -0.05) is 15.9 Å². The predicted molar refractivity (Wildman–Crippen MR) is 111 cm³/mol. The molecular formula is C21H21BrN4O. The van der Waals surface area contributed by atoms with Gasteiger partial charge in [-0.05, 0) is 57.3 Å². The Morgan fingerprint density at radius 1 is 1.19 bits per heavy atom. The maximum atomic E-state index is 12.8. The molecule has 0 saturated heterocycles. The Bertz CT molecular complexity index is 997. The van der Waals surface area contributed by atoms with Crippen molar-refractivity contribution in [2.75, 3.05) is 19.4 Å². The molecule has 0 bridgehead atoms. The number of halogens is 1. The van der Waals surface area contributed by atoms with E-state index in [1.54, 1.807) is 6.20 Å². The predicted octanol–water partition coefficient (Wildman–Crippen LogP) is 4.79. The summed E-state index contributed by atoms with van der Waals surface area (Å²) in [5, 5.41) is 4.35. The fourth-order valence-corrected chi connectivity index (χ4v) is 3.47. The number of carbonyl (C=O) groups excluding carboxylic acids is 1. The molecule has 2 heterocycles. The van der Waals surface area contributed by atoms with Crippen molar-refractivity contribution < 1.29 is 4.79 Å². The number of aromatic nitrogens is 2. The first-order chi connectivity index (χ1) is 13.0. The minimum atomic E-state index is 0.137. The lowest BCUT2D eigenvalue weighted by Crippen LogP contribution is -2.12. The summed E-state index contributed by atoms with van der Waals surface area (Å²) in [6.07, 6.45) is 5.45. The van der Waals surface area contributed by atoms with Crippen LogP contribution in [-0.4, -0.2) is 34.7 Å². The quantitative estimate of drug-likeness (QED) is 0.576. The third-order valence-electron chi connectivity index (χ3n) is 4.62. The van der Waals surface area contributed by atoms with E-state index in [-0.39, 0.29) is 11.7 Å². The number of Topliss-reactive ketones (excluding diaryl/α,β-unsaturated/α-hetero) is 1. The zero-order chi connectivity index (χ0) is 19.0. The summed E-state index contributed by atoms with van der Waals surface area (Å²) in [5.41, 5.74) is 4.17. The number of nitrogens with one attached hydrogen (secondary N) is 1. The van der Waals surface area contributed by atoms with Crippen molar-refractivity contribution in [1.82, 2.24) is 14.9 Å². The zero-order valence-corrected chi connectivity index (χ0v) is 17.0. The van der Waals surface area contributed by atoms with E-state index in [0.717, 1.165) is 51.8 Å². The van der Waals surface area contributed by atoms with E-state index in [0.29, 0.717) is 5.56 Å². The van der Waals surface area contributed by atoms with Gasteiger partial charge < -0.3 is 10.2 Å². The number of nitrogens with zero attached hydrogens (tertiary/aromatic N) is 3. The molecule has 5 nitrogen and oxygen atoms in total. The highest BCUT2D eigenvalue weighted by atomic mass is 79.9. The Labute approximate surface area is 166 Å². The molecule has 4 rings (SSSR count). The van der Waals surface area contributed by atoms with E-state index in [4.69, 9.17) is 0 Å². The number of ketones is 1. The molecular weight excluding hydrogens is 404 g/mol. The first-order valence-corrected chi connectivity index (χ1v) is 9.80. The average Bonchev–Trinajstić information content (AvgIpc) is 3.48. The van der Waals surface area contributed by atoms with E-state index in [1.165, 1.54) is 0 Å². The second kappa shape index (κ2) is 7.37. The van der Waals surface area contributed by atoms with Crippen LogP contribution in [0.15, 0.2) is 47.2 Å². The van der Waals surface area contributed by atoms with Crippen LogP contribution < -0.4 is 5.32 Å². The molecule has 0 amide bonds. The standard InChI is InChI=1S/C21H21BrN4O/c1-26(2)12-16-7-6-15(10-23-16)25-20-17-9-14(22)5-8-19(17)24-11-18(20)21(27)13-3-4-13/h5-11,13H,3-4,12H2,1-2H3,(H,24,25). The Morgan fingerprint density at radius 3 is 2.67 bits per heavy atom. The molecule has 0 atom stereocenters. The summed E-state index contributed by atoms with van der Waals surface area (Å²) < 4.78 is 0.954. The third kappa shape index (κ3) is 4.01. The Balaban J connectivity index is 1.75. The summed E-state index contributed by atoms with van der Waals surface area (Å²) in [6.45, 7) is 0.789. The van der Waals surface area contributed by atoms with Crippen LogP contribution in [0.25, 0.3) is 10.9 Å². The molecule has 1 fully saturated rings. The number of carbonyl (C=O) groups is 1. The van der Waals surface area contributed by atoms with Crippen LogP contribution in [-0.2, 0) is 6.54 Å². The molecule has 27 heavy (non-hydrogen) atoms. The minimum Gasteiger partial charge on any atom is -0.353 e. The van der Waals surface area contributed by atoms with Gasteiger partial charge in [-0.2, -0.15) is 0 Å². The van der Waals surface area contributed by atoms with E-state index in [2.05, 4.69) is 36.1 Å².